The average Bonchev–Trinajstić information content (AvgIpc) is 3.32. The Kier molecular flexibility index (Phi) is 8.14. The number of carbonyl (C=O) groups is 4. The third-order valence-electron chi connectivity index (χ3n) is 8.55. The highest BCUT2D eigenvalue weighted by molar-refractivity contribution is 6.30. The summed E-state index contributed by atoms with van der Waals surface area (Å²) < 4.78 is 0. The Hall–Kier alpha value is -4.28. The van der Waals surface area contributed by atoms with Crippen molar-refractivity contribution >= 4 is 41.0 Å². The number of piperidine rings is 2. The van der Waals surface area contributed by atoms with Crippen molar-refractivity contribution in [2.24, 2.45) is 11.7 Å². The maximum Gasteiger partial charge on any atom is 0.255 e. The van der Waals surface area contributed by atoms with Crippen molar-refractivity contribution in [2.75, 3.05) is 24.5 Å². The van der Waals surface area contributed by atoms with Crippen molar-refractivity contribution in [1.29, 1.82) is 0 Å². The molecule has 2 saturated heterocycles. The number of nitrogens with zero attached hydrogens (tertiary/aromatic N) is 3. The highest BCUT2D eigenvalue weighted by Crippen LogP contribution is 2.30. The predicted octanol–water partition coefficient (Wildman–Crippen LogP) is 3.27. The monoisotopic (exact) mass is 600 g/mol. The lowest BCUT2D eigenvalue weighted by atomic mass is 9.96. The molecule has 0 saturated carbocycles. The van der Waals surface area contributed by atoms with Gasteiger partial charge in [0, 0.05) is 54.9 Å². The Balaban J connectivity index is 1.02. The van der Waals surface area contributed by atoms with Crippen LogP contribution in [0.1, 0.15) is 57.5 Å². The summed E-state index contributed by atoms with van der Waals surface area (Å²) in [7, 11) is 0. The molecule has 0 bridgehead atoms. The van der Waals surface area contributed by atoms with Gasteiger partial charge < -0.3 is 20.9 Å². The van der Waals surface area contributed by atoms with Gasteiger partial charge in [0.25, 0.3) is 11.8 Å². The molecule has 1 atom stereocenters. The van der Waals surface area contributed by atoms with E-state index in [0.717, 1.165) is 54.7 Å². The van der Waals surface area contributed by atoms with Crippen molar-refractivity contribution in [3.63, 3.8) is 0 Å². The van der Waals surface area contributed by atoms with Crippen LogP contribution in [0.3, 0.4) is 0 Å². The van der Waals surface area contributed by atoms with Gasteiger partial charge >= 0.3 is 0 Å². The van der Waals surface area contributed by atoms with Gasteiger partial charge in [-0.15, -0.1) is 0 Å². The lowest BCUT2D eigenvalue weighted by molar-refractivity contribution is -0.136. The molecule has 2 fully saturated rings. The predicted molar refractivity (Wildman–Crippen MR) is 162 cm³/mol. The first-order valence-corrected chi connectivity index (χ1v) is 14.9. The Bertz CT molecular complexity index is 1600. The molecule has 4 heterocycles. The summed E-state index contributed by atoms with van der Waals surface area (Å²) in [5.74, 6) is -0.279. The van der Waals surface area contributed by atoms with Crippen LogP contribution in [-0.2, 0) is 22.7 Å². The lowest BCUT2D eigenvalue weighted by Crippen LogP contribution is -2.52. The minimum Gasteiger partial charge on any atom is -0.365 e. The van der Waals surface area contributed by atoms with Gasteiger partial charge in [0.05, 0.1) is 5.56 Å². The molecule has 1 aromatic heterocycles. The molecule has 0 aliphatic carbocycles. The number of primary amides is 1. The van der Waals surface area contributed by atoms with E-state index in [1.165, 1.54) is 0 Å². The number of hydrogen-bond donors (Lipinski definition) is 3. The lowest BCUT2D eigenvalue weighted by Gasteiger charge is -2.33. The van der Waals surface area contributed by atoms with E-state index >= 15 is 0 Å². The van der Waals surface area contributed by atoms with Gasteiger partial charge in [0.2, 0.25) is 11.8 Å². The normalized spacial score (nSPS) is 19.0. The zero-order chi connectivity index (χ0) is 30.1. The Morgan fingerprint density at radius 2 is 1.86 bits per heavy atom. The number of halogens is 1. The molecule has 2 aromatic carbocycles. The Morgan fingerprint density at radius 3 is 2.60 bits per heavy atom. The van der Waals surface area contributed by atoms with Crippen molar-refractivity contribution < 1.29 is 19.2 Å². The van der Waals surface area contributed by atoms with E-state index in [0.29, 0.717) is 47.4 Å². The van der Waals surface area contributed by atoms with Gasteiger partial charge in [-0.1, -0.05) is 35.9 Å². The first-order chi connectivity index (χ1) is 20.8. The van der Waals surface area contributed by atoms with Crippen LogP contribution in [0.5, 0.6) is 0 Å². The van der Waals surface area contributed by atoms with Gasteiger partial charge in [-0.3, -0.25) is 24.5 Å². The second-order valence-electron chi connectivity index (χ2n) is 11.4. The SMILES string of the molecule is NC(=O)c1cc(-c2cccc(Cl)c2)cnc1N1CCC(CNCc2ccc3c(c2)CN(C2CCC(=O)NC2=O)C3=O)CC1. The minimum absolute atomic E-state index is 0.163. The molecule has 0 spiro atoms. The van der Waals surface area contributed by atoms with Gasteiger partial charge in [-0.2, -0.15) is 0 Å². The van der Waals surface area contributed by atoms with E-state index in [-0.39, 0.29) is 18.2 Å². The maximum absolute atomic E-state index is 12.9. The summed E-state index contributed by atoms with van der Waals surface area (Å²) in [5.41, 5.74) is 10.4. The number of aromatic nitrogens is 1. The molecule has 43 heavy (non-hydrogen) atoms. The van der Waals surface area contributed by atoms with E-state index in [1.54, 1.807) is 23.2 Å². The van der Waals surface area contributed by atoms with Crippen LogP contribution in [0.2, 0.25) is 5.02 Å². The van der Waals surface area contributed by atoms with E-state index in [4.69, 9.17) is 17.3 Å². The summed E-state index contributed by atoms with van der Waals surface area (Å²) >= 11 is 6.14. The smallest absolute Gasteiger partial charge is 0.255 e. The van der Waals surface area contributed by atoms with Crippen molar-refractivity contribution in [1.82, 2.24) is 20.5 Å². The molecule has 6 rings (SSSR count). The third-order valence-corrected chi connectivity index (χ3v) is 8.79. The molecule has 3 aromatic rings. The molecule has 3 aliphatic rings. The van der Waals surface area contributed by atoms with Crippen LogP contribution in [0, 0.1) is 5.92 Å². The molecule has 10 nitrogen and oxygen atoms in total. The molecule has 222 valence electrons. The Morgan fingerprint density at radius 1 is 1.05 bits per heavy atom. The number of fused-ring (bicyclic) bond motifs is 1. The molecule has 4 N–H and O–H groups in total. The summed E-state index contributed by atoms with van der Waals surface area (Å²) in [6.45, 7) is 3.42. The topological polar surface area (TPSA) is 138 Å². The number of rotatable bonds is 8. The van der Waals surface area contributed by atoms with E-state index < -0.39 is 17.9 Å². The highest BCUT2D eigenvalue weighted by Gasteiger charge is 2.39. The van der Waals surface area contributed by atoms with Crippen LogP contribution in [0.4, 0.5) is 5.82 Å². The Labute approximate surface area is 254 Å². The minimum atomic E-state index is -0.611. The molecule has 4 amide bonds. The van der Waals surface area contributed by atoms with E-state index in [2.05, 4.69) is 20.5 Å². The first kappa shape index (κ1) is 28.8. The summed E-state index contributed by atoms with van der Waals surface area (Å²) in [4.78, 5) is 57.4. The summed E-state index contributed by atoms with van der Waals surface area (Å²) in [6.07, 6.45) is 4.25. The fourth-order valence-electron chi connectivity index (χ4n) is 6.22. The van der Waals surface area contributed by atoms with Crippen LogP contribution in [0.25, 0.3) is 11.1 Å². The first-order valence-electron chi connectivity index (χ1n) is 14.5. The fraction of sp³-hybridized carbons (Fsp3) is 0.344. The standard InChI is InChI=1S/C32H33ClN6O4/c33-24-3-1-2-21(13-24)22-14-26(29(34)41)30(36-17-22)38-10-8-19(9-11-38)15-35-16-20-4-5-25-23(12-20)18-39(32(25)43)27-6-7-28(40)37-31(27)42/h1-5,12-14,17,19,27,35H,6-11,15-16,18H2,(H2,34,41)(H,37,40,42). The second kappa shape index (κ2) is 12.1. The average molecular weight is 601 g/mol. The number of pyridine rings is 1. The molecule has 0 radical (unpaired) electrons. The fourth-order valence-corrected chi connectivity index (χ4v) is 6.41. The number of anilines is 1. The summed E-state index contributed by atoms with van der Waals surface area (Å²) in [6, 6.07) is 14.4. The number of hydrogen-bond acceptors (Lipinski definition) is 7. The quantitative estimate of drug-likeness (QED) is 0.337. The molecule has 1 unspecified atom stereocenters. The zero-order valence-corrected chi connectivity index (χ0v) is 24.4. The van der Waals surface area contributed by atoms with Gasteiger partial charge in [0.15, 0.2) is 0 Å². The van der Waals surface area contributed by atoms with Crippen LogP contribution in [0.15, 0.2) is 54.7 Å². The number of imide groups is 1. The van der Waals surface area contributed by atoms with Crippen molar-refractivity contribution in [2.45, 2.75) is 44.8 Å². The van der Waals surface area contributed by atoms with Gasteiger partial charge in [0.1, 0.15) is 11.9 Å². The second-order valence-corrected chi connectivity index (χ2v) is 11.9. The molecule has 3 aliphatic heterocycles. The molecular weight excluding hydrogens is 568 g/mol. The van der Waals surface area contributed by atoms with Crippen LogP contribution in [-0.4, -0.2) is 59.2 Å². The number of nitrogens with two attached hydrogens (primary N) is 1. The number of benzene rings is 2. The molecule has 11 heteroatoms. The number of amides is 4. The summed E-state index contributed by atoms with van der Waals surface area (Å²) in [5, 5.41) is 6.51. The largest absolute Gasteiger partial charge is 0.365 e. The van der Waals surface area contributed by atoms with Crippen molar-refractivity contribution in [3.8, 4) is 11.1 Å². The third kappa shape index (κ3) is 6.11. The van der Waals surface area contributed by atoms with Crippen molar-refractivity contribution in [3.05, 3.63) is 82.0 Å². The zero-order valence-electron chi connectivity index (χ0n) is 23.6. The highest BCUT2D eigenvalue weighted by atomic mass is 35.5. The van der Waals surface area contributed by atoms with Crippen LogP contribution >= 0.6 is 11.6 Å². The van der Waals surface area contributed by atoms with Gasteiger partial charge in [-0.25, -0.2) is 4.98 Å². The number of carbonyl (C=O) groups excluding carboxylic acids is 4. The van der Waals surface area contributed by atoms with Gasteiger partial charge in [-0.05, 0) is 72.7 Å². The maximum atomic E-state index is 12.9. The van der Waals surface area contributed by atoms with E-state index in [9.17, 15) is 19.2 Å². The molecular formula is C32H33ClN6O4. The van der Waals surface area contributed by atoms with E-state index in [1.807, 2.05) is 36.4 Å². The number of nitrogens with one attached hydrogen (secondary N) is 2. The van der Waals surface area contributed by atoms with Crippen LogP contribution < -0.4 is 21.3 Å².